The second-order valence-electron chi connectivity index (χ2n) is 3.80. The monoisotopic (exact) mass is 198 g/mol. The van der Waals surface area contributed by atoms with Gasteiger partial charge in [0.25, 0.3) is 0 Å². The third-order valence-corrected chi connectivity index (χ3v) is 2.82. The fourth-order valence-electron chi connectivity index (χ4n) is 1.91. The van der Waals surface area contributed by atoms with Gasteiger partial charge in [-0.2, -0.15) is 0 Å². The summed E-state index contributed by atoms with van der Waals surface area (Å²) in [4.78, 5) is 34.0. The summed E-state index contributed by atoms with van der Waals surface area (Å²) in [6.45, 7) is 0.420. The summed E-state index contributed by atoms with van der Waals surface area (Å²) in [5, 5.41) is 10.8. The number of nitrogens with one attached hydrogen (secondary N) is 1. The van der Waals surface area contributed by atoms with E-state index in [2.05, 4.69) is 5.32 Å². The van der Waals surface area contributed by atoms with Crippen molar-refractivity contribution in [3.8, 4) is 0 Å². The number of imide groups is 1. The van der Waals surface area contributed by atoms with Gasteiger partial charge in [-0.25, -0.2) is 4.79 Å². The van der Waals surface area contributed by atoms with Crippen LogP contribution >= 0.6 is 0 Å². The van der Waals surface area contributed by atoms with Crippen LogP contribution in [0.2, 0.25) is 0 Å². The maximum atomic E-state index is 11.4. The van der Waals surface area contributed by atoms with Crippen LogP contribution < -0.4 is 5.32 Å². The minimum Gasteiger partial charge on any atom is -0.465 e. The minimum atomic E-state index is -1.01. The Hall–Kier alpha value is -1.59. The maximum absolute atomic E-state index is 11.4. The Morgan fingerprint density at radius 2 is 2.07 bits per heavy atom. The Morgan fingerprint density at radius 3 is 2.57 bits per heavy atom. The van der Waals surface area contributed by atoms with Gasteiger partial charge in [0.2, 0.25) is 11.8 Å². The Kier molecular flexibility index (Phi) is 1.73. The van der Waals surface area contributed by atoms with Crippen LogP contribution in [0, 0.1) is 5.41 Å². The molecule has 3 amide bonds. The zero-order chi connectivity index (χ0) is 10.3. The SMILES string of the molecule is O=C1CCC2(CN(C(=O)O)C2)C(=O)N1. The Bertz CT molecular complexity index is 319. The molecule has 2 aliphatic rings. The van der Waals surface area contributed by atoms with Crippen LogP contribution in [0.5, 0.6) is 0 Å². The predicted molar refractivity (Wildman–Crippen MR) is 44.4 cm³/mol. The van der Waals surface area contributed by atoms with E-state index in [0.29, 0.717) is 12.8 Å². The normalized spacial score (nSPS) is 24.4. The molecule has 0 saturated carbocycles. The molecule has 1 spiro atoms. The number of hydrogen-bond donors (Lipinski definition) is 2. The van der Waals surface area contributed by atoms with Crippen LogP contribution in [0.25, 0.3) is 0 Å². The molecule has 2 N–H and O–H groups in total. The number of likely N-dealkylation sites (tertiary alicyclic amines) is 1. The number of carbonyl (C=O) groups is 3. The fraction of sp³-hybridized carbons (Fsp3) is 0.625. The molecule has 2 aliphatic heterocycles. The molecule has 2 rings (SSSR count). The molecule has 2 saturated heterocycles. The van der Waals surface area contributed by atoms with Gasteiger partial charge in [-0.15, -0.1) is 0 Å². The molecule has 6 nitrogen and oxygen atoms in total. The van der Waals surface area contributed by atoms with Crippen molar-refractivity contribution in [1.82, 2.24) is 10.2 Å². The van der Waals surface area contributed by atoms with Crippen LogP contribution in [-0.2, 0) is 9.59 Å². The number of rotatable bonds is 0. The molecular weight excluding hydrogens is 188 g/mol. The highest BCUT2D eigenvalue weighted by atomic mass is 16.4. The Labute approximate surface area is 79.9 Å². The molecule has 2 fully saturated rings. The molecule has 2 heterocycles. The highest BCUT2D eigenvalue weighted by molar-refractivity contribution is 6.01. The van der Waals surface area contributed by atoms with Gasteiger partial charge in [-0.3, -0.25) is 14.9 Å². The molecular formula is C8H10N2O4. The first-order chi connectivity index (χ1) is 6.53. The van der Waals surface area contributed by atoms with Gasteiger partial charge in [-0.1, -0.05) is 0 Å². The highest BCUT2D eigenvalue weighted by Gasteiger charge is 2.53. The van der Waals surface area contributed by atoms with E-state index >= 15 is 0 Å². The first-order valence-electron chi connectivity index (χ1n) is 4.36. The summed E-state index contributed by atoms with van der Waals surface area (Å²) in [7, 11) is 0. The number of hydrogen-bond acceptors (Lipinski definition) is 3. The zero-order valence-electron chi connectivity index (χ0n) is 7.45. The summed E-state index contributed by atoms with van der Waals surface area (Å²) in [5.74, 6) is -0.597. The molecule has 0 aliphatic carbocycles. The lowest BCUT2D eigenvalue weighted by Gasteiger charge is -2.48. The number of amides is 3. The Balaban J connectivity index is 2.03. The molecule has 0 aromatic rings. The highest BCUT2D eigenvalue weighted by Crippen LogP contribution is 2.37. The summed E-state index contributed by atoms with van der Waals surface area (Å²) in [6, 6.07) is 0. The van der Waals surface area contributed by atoms with Crippen molar-refractivity contribution in [3.63, 3.8) is 0 Å². The smallest absolute Gasteiger partial charge is 0.407 e. The minimum absolute atomic E-state index is 0.210. The van der Waals surface area contributed by atoms with Gasteiger partial charge in [0, 0.05) is 19.5 Å². The van der Waals surface area contributed by atoms with Crippen molar-refractivity contribution < 1.29 is 19.5 Å². The maximum Gasteiger partial charge on any atom is 0.407 e. The lowest BCUT2D eigenvalue weighted by atomic mass is 9.73. The average Bonchev–Trinajstić information content (AvgIpc) is 2.00. The fourth-order valence-corrected chi connectivity index (χ4v) is 1.91. The summed E-state index contributed by atoms with van der Waals surface area (Å²) < 4.78 is 0. The molecule has 14 heavy (non-hydrogen) atoms. The molecule has 6 heteroatoms. The van der Waals surface area contributed by atoms with Crippen molar-refractivity contribution in [2.24, 2.45) is 5.41 Å². The van der Waals surface area contributed by atoms with Crippen LogP contribution in [0.15, 0.2) is 0 Å². The van der Waals surface area contributed by atoms with E-state index in [4.69, 9.17) is 5.11 Å². The Morgan fingerprint density at radius 1 is 1.43 bits per heavy atom. The molecule has 0 atom stereocenters. The summed E-state index contributed by atoms with van der Waals surface area (Å²) >= 11 is 0. The van der Waals surface area contributed by atoms with Crippen molar-refractivity contribution >= 4 is 17.9 Å². The third-order valence-electron chi connectivity index (χ3n) is 2.82. The first kappa shape index (κ1) is 8.98. The topological polar surface area (TPSA) is 86.7 Å². The molecule has 0 bridgehead atoms. The van der Waals surface area contributed by atoms with Crippen molar-refractivity contribution in [3.05, 3.63) is 0 Å². The molecule has 0 aromatic carbocycles. The van der Waals surface area contributed by atoms with Crippen LogP contribution in [0.3, 0.4) is 0 Å². The van der Waals surface area contributed by atoms with E-state index in [9.17, 15) is 14.4 Å². The second-order valence-corrected chi connectivity index (χ2v) is 3.80. The number of carbonyl (C=O) groups excluding carboxylic acids is 2. The predicted octanol–water partition coefficient (Wildman–Crippen LogP) is -0.597. The first-order valence-corrected chi connectivity index (χ1v) is 4.36. The molecule has 76 valence electrons. The lowest BCUT2D eigenvalue weighted by molar-refractivity contribution is -0.149. The zero-order valence-corrected chi connectivity index (χ0v) is 7.45. The van der Waals surface area contributed by atoms with E-state index in [0.717, 1.165) is 0 Å². The standard InChI is InChI=1S/C8H10N2O4/c11-5-1-2-8(6(12)9-5)3-10(4-8)7(13)14/h1-4H2,(H,13,14)(H,9,11,12). The number of nitrogens with zero attached hydrogens (tertiary/aromatic N) is 1. The molecule has 0 radical (unpaired) electrons. The van der Waals surface area contributed by atoms with Gasteiger partial charge < -0.3 is 10.0 Å². The van der Waals surface area contributed by atoms with E-state index in [1.165, 1.54) is 4.90 Å². The van der Waals surface area contributed by atoms with Crippen molar-refractivity contribution in [2.75, 3.05) is 13.1 Å². The van der Waals surface area contributed by atoms with Gasteiger partial charge >= 0.3 is 6.09 Å². The van der Waals surface area contributed by atoms with Crippen molar-refractivity contribution in [1.29, 1.82) is 0 Å². The average molecular weight is 198 g/mol. The second kappa shape index (κ2) is 2.70. The van der Waals surface area contributed by atoms with Crippen molar-refractivity contribution in [2.45, 2.75) is 12.8 Å². The van der Waals surface area contributed by atoms with Gasteiger partial charge in [0.1, 0.15) is 0 Å². The summed E-state index contributed by atoms with van der Waals surface area (Å²) in [6.07, 6.45) is -0.249. The molecule has 0 unspecified atom stereocenters. The number of piperidine rings is 1. The van der Waals surface area contributed by atoms with E-state index in [1.807, 2.05) is 0 Å². The lowest BCUT2D eigenvalue weighted by Crippen LogP contribution is -2.67. The summed E-state index contributed by atoms with van der Waals surface area (Å²) in [5.41, 5.74) is -0.633. The van der Waals surface area contributed by atoms with E-state index < -0.39 is 11.5 Å². The van der Waals surface area contributed by atoms with Crippen LogP contribution in [-0.4, -0.2) is 41.0 Å². The largest absolute Gasteiger partial charge is 0.465 e. The van der Waals surface area contributed by atoms with Gasteiger partial charge in [-0.05, 0) is 6.42 Å². The third kappa shape index (κ3) is 1.14. The van der Waals surface area contributed by atoms with Crippen LogP contribution in [0.4, 0.5) is 4.79 Å². The number of carboxylic acid groups (broad SMARTS) is 1. The van der Waals surface area contributed by atoms with Gasteiger partial charge in [0.15, 0.2) is 0 Å². The van der Waals surface area contributed by atoms with E-state index in [1.54, 1.807) is 0 Å². The van der Waals surface area contributed by atoms with E-state index in [-0.39, 0.29) is 24.9 Å². The quantitative estimate of drug-likeness (QED) is 0.509. The van der Waals surface area contributed by atoms with Crippen LogP contribution in [0.1, 0.15) is 12.8 Å². The molecule has 0 aromatic heterocycles. The van der Waals surface area contributed by atoms with Gasteiger partial charge in [0.05, 0.1) is 5.41 Å².